The lowest BCUT2D eigenvalue weighted by Gasteiger charge is -2.06. The molecule has 1 heterocycles. The Morgan fingerprint density at radius 3 is 2.94 bits per heavy atom. The number of aromatic amines is 1. The summed E-state index contributed by atoms with van der Waals surface area (Å²) in [5, 5.41) is 0. The summed E-state index contributed by atoms with van der Waals surface area (Å²) in [6, 6.07) is 7.69. The van der Waals surface area contributed by atoms with Crippen molar-refractivity contribution in [1.82, 2.24) is 9.97 Å². The molecule has 2 aromatic rings. The lowest BCUT2D eigenvalue weighted by molar-refractivity contribution is -0.144. The third-order valence-corrected chi connectivity index (χ3v) is 2.46. The molecule has 4 nitrogen and oxygen atoms in total. The SMILES string of the molecule is CCOC(=O)C(C)c1nc2ccccc2[nH]1. The number of imidazole rings is 1. The molecule has 16 heavy (non-hydrogen) atoms. The summed E-state index contributed by atoms with van der Waals surface area (Å²) < 4.78 is 4.96. The molecule has 0 aliphatic carbocycles. The van der Waals surface area contributed by atoms with E-state index >= 15 is 0 Å². The van der Waals surface area contributed by atoms with Crippen LogP contribution in [0.25, 0.3) is 11.0 Å². The van der Waals surface area contributed by atoms with Gasteiger partial charge in [0.15, 0.2) is 0 Å². The molecular weight excluding hydrogens is 204 g/mol. The van der Waals surface area contributed by atoms with E-state index in [2.05, 4.69) is 9.97 Å². The Labute approximate surface area is 93.6 Å². The number of para-hydroxylation sites is 2. The number of hydrogen-bond acceptors (Lipinski definition) is 3. The van der Waals surface area contributed by atoms with Gasteiger partial charge in [0.2, 0.25) is 0 Å². The zero-order valence-electron chi connectivity index (χ0n) is 9.36. The first-order valence-corrected chi connectivity index (χ1v) is 5.33. The molecule has 0 fully saturated rings. The van der Waals surface area contributed by atoms with Gasteiger partial charge in [0.1, 0.15) is 11.7 Å². The van der Waals surface area contributed by atoms with Crippen LogP contribution in [-0.2, 0) is 9.53 Å². The highest BCUT2D eigenvalue weighted by Crippen LogP contribution is 2.18. The molecule has 1 atom stereocenters. The maximum Gasteiger partial charge on any atom is 0.316 e. The number of carbonyl (C=O) groups is 1. The summed E-state index contributed by atoms with van der Waals surface area (Å²) in [4.78, 5) is 19.0. The number of aromatic nitrogens is 2. The molecule has 1 N–H and O–H groups in total. The van der Waals surface area contributed by atoms with Gasteiger partial charge in [-0.15, -0.1) is 0 Å². The van der Waals surface area contributed by atoms with Crippen molar-refractivity contribution in [2.75, 3.05) is 6.61 Å². The van der Waals surface area contributed by atoms with Crippen molar-refractivity contribution in [2.24, 2.45) is 0 Å². The van der Waals surface area contributed by atoms with Crippen LogP contribution < -0.4 is 0 Å². The van der Waals surface area contributed by atoms with E-state index in [9.17, 15) is 4.79 Å². The summed E-state index contributed by atoms with van der Waals surface area (Å²) in [5.41, 5.74) is 1.81. The van der Waals surface area contributed by atoms with Gasteiger partial charge in [0.05, 0.1) is 17.6 Å². The van der Waals surface area contributed by atoms with E-state index in [4.69, 9.17) is 4.74 Å². The zero-order valence-corrected chi connectivity index (χ0v) is 9.36. The van der Waals surface area contributed by atoms with Crippen molar-refractivity contribution in [3.63, 3.8) is 0 Å². The molecule has 1 aromatic heterocycles. The number of ether oxygens (including phenoxy) is 1. The number of nitrogens with one attached hydrogen (secondary N) is 1. The number of rotatable bonds is 3. The third-order valence-electron chi connectivity index (χ3n) is 2.46. The second-order valence-electron chi connectivity index (χ2n) is 3.61. The molecule has 4 heteroatoms. The van der Waals surface area contributed by atoms with E-state index in [0.717, 1.165) is 11.0 Å². The van der Waals surface area contributed by atoms with E-state index in [1.54, 1.807) is 13.8 Å². The van der Waals surface area contributed by atoms with E-state index in [1.807, 2.05) is 24.3 Å². The fourth-order valence-corrected chi connectivity index (χ4v) is 1.56. The largest absolute Gasteiger partial charge is 0.465 e. The van der Waals surface area contributed by atoms with Gasteiger partial charge in [-0.3, -0.25) is 4.79 Å². The van der Waals surface area contributed by atoms with Crippen LogP contribution in [-0.4, -0.2) is 22.5 Å². The smallest absolute Gasteiger partial charge is 0.316 e. The van der Waals surface area contributed by atoms with Crippen molar-refractivity contribution in [3.05, 3.63) is 30.1 Å². The minimum atomic E-state index is -0.354. The molecule has 0 amide bonds. The first-order chi connectivity index (χ1) is 7.72. The monoisotopic (exact) mass is 218 g/mol. The average Bonchev–Trinajstić information content (AvgIpc) is 2.71. The molecule has 0 saturated carbocycles. The molecule has 0 saturated heterocycles. The van der Waals surface area contributed by atoms with Crippen LogP contribution in [0.15, 0.2) is 24.3 Å². The Bertz CT molecular complexity index is 471. The highest BCUT2D eigenvalue weighted by molar-refractivity contribution is 5.80. The molecule has 0 aliphatic heterocycles. The quantitative estimate of drug-likeness (QED) is 0.804. The van der Waals surface area contributed by atoms with Gasteiger partial charge in [0, 0.05) is 0 Å². The minimum absolute atomic E-state index is 0.249. The van der Waals surface area contributed by atoms with Crippen LogP contribution in [0.1, 0.15) is 25.6 Å². The number of esters is 1. The van der Waals surface area contributed by atoms with E-state index < -0.39 is 0 Å². The summed E-state index contributed by atoms with van der Waals surface area (Å²) in [5.74, 6) is 0.0496. The first kappa shape index (κ1) is 10.7. The van der Waals surface area contributed by atoms with Crippen LogP contribution in [0, 0.1) is 0 Å². The maximum atomic E-state index is 11.5. The summed E-state index contributed by atoms with van der Waals surface area (Å²) in [6.07, 6.45) is 0. The standard InChI is InChI=1S/C12H14N2O2/c1-3-16-12(15)8(2)11-13-9-6-4-5-7-10(9)14-11/h4-8H,3H2,1-2H3,(H,13,14). The van der Waals surface area contributed by atoms with Crippen LogP contribution in [0.2, 0.25) is 0 Å². The molecule has 1 unspecified atom stereocenters. The molecule has 0 radical (unpaired) electrons. The third kappa shape index (κ3) is 1.91. The Kier molecular flexibility index (Phi) is 2.90. The molecule has 2 rings (SSSR count). The lowest BCUT2D eigenvalue weighted by atomic mass is 10.2. The van der Waals surface area contributed by atoms with Gasteiger partial charge in [-0.25, -0.2) is 4.98 Å². The number of benzene rings is 1. The minimum Gasteiger partial charge on any atom is -0.465 e. The zero-order chi connectivity index (χ0) is 11.5. The second-order valence-corrected chi connectivity index (χ2v) is 3.61. The predicted molar refractivity (Wildman–Crippen MR) is 61.1 cm³/mol. The Hall–Kier alpha value is -1.84. The predicted octanol–water partition coefficient (Wildman–Crippen LogP) is 2.23. The topological polar surface area (TPSA) is 55.0 Å². The molecule has 1 aromatic carbocycles. The van der Waals surface area contributed by atoms with Gasteiger partial charge in [0.25, 0.3) is 0 Å². The van der Waals surface area contributed by atoms with Crippen LogP contribution in [0.4, 0.5) is 0 Å². The molecule has 84 valence electrons. The van der Waals surface area contributed by atoms with Crippen molar-refractivity contribution in [3.8, 4) is 0 Å². The van der Waals surface area contributed by atoms with Crippen molar-refractivity contribution >= 4 is 17.0 Å². The number of hydrogen-bond donors (Lipinski definition) is 1. The van der Waals surface area contributed by atoms with Crippen LogP contribution in [0.3, 0.4) is 0 Å². The molecule has 0 spiro atoms. The molecule has 0 bridgehead atoms. The first-order valence-electron chi connectivity index (χ1n) is 5.33. The second kappa shape index (κ2) is 4.35. The van der Waals surface area contributed by atoms with Crippen molar-refractivity contribution < 1.29 is 9.53 Å². The van der Waals surface area contributed by atoms with Gasteiger partial charge >= 0.3 is 5.97 Å². The highest BCUT2D eigenvalue weighted by Gasteiger charge is 2.19. The number of H-pyrrole nitrogens is 1. The number of fused-ring (bicyclic) bond motifs is 1. The Morgan fingerprint density at radius 2 is 2.25 bits per heavy atom. The highest BCUT2D eigenvalue weighted by atomic mass is 16.5. The molecular formula is C12H14N2O2. The van der Waals surface area contributed by atoms with Crippen molar-refractivity contribution in [2.45, 2.75) is 19.8 Å². The fraction of sp³-hybridized carbons (Fsp3) is 0.333. The van der Waals surface area contributed by atoms with Gasteiger partial charge in [-0.2, -0.15) is 0 Å². The average molecular weight is 218 g/mol. The van der Waals surface area contributed by atoms with Gasteiger partial charge in [-0.1, -0.05) is 12.1 Å². The van der Waals surface area contributed by atoms with Crippen molar-refractivity contribution in [1.29, 1.82) is 0 Å². The maximum absolute atomic E-state index is 11.5. The Morgan fingerprint density at radius 1 is 1.50 bits per heavy atom. The van der Waals surface area contributed by atoms with E-state index in [0.29, 0.717) is 12.4 Å². The summed E-state index contributed by atoms with van der Waals surface area (Å²) >= 11 is 0. The van der Waals surface area contributed by atoms with Gasteiger partial charge in [-0.05, 0) is 26.0 Å². The molecule has 0 aliphatic rings. The van der Waals surface area contributed by atoms with E-state index in [-0.39, 0.29) is 11.9 Å². The number of nitrogens with zero attached hydrogens (tertiary/aromatic N) is 1. The van der Waals surface area contributed by atoms with Crippen LogP contribution in [0.5, 0.6) is 0 Å². The summed E-state index contributed by atoms with van der Waals surface area (Å²) in [7, 11) is 0. The van der Waals surface area contributed by atoms with E-state index in [1.165, 1.54) is 0 Å². The van der Waals surface area contributed by atoms with Crippen LogP contribution >= 0.6 is 0 Å². The lowest BCUT2D eigenvalue weighted by Crippen LogP contribution is -2.14. The normalized spacial score (nSPS) is 12.6. The Balaban J connectivity index is 2.29. The summed E-state index contributed by atoms with van der Waals surface area (Å²) in [6.45, 7) is 3.97. The van der Waals surface area contributed by atoms with Gasteiger partial charge < -0.3 is 9.72 Å². The number of carbonyl (C=O) groups excluding carboxylic acids is 1. The fourth-order valence-electron chi connectivity index (χ4n) is 1.56.